The molecule has 1 amide bonds. The molecule has 1 fully saturated rings. The lowest BCUT2D eigenvalue weighted by molar-refractivity contribution is -0.131. The van der Waals surface area contributed by atoms with Gasteiger partial charge in [-0.25, -0.2) is 0 Å². The number of carbonyl (C=O) groups is 1. The van der Waals surface area contributed by atoms with Gasteiger partial charge in [0.05, 0.1) is 6.04 Å². The molecule has 1 aliphatic heterocycles. The van der Waals surface area contributed by atoms with E-state index < -0.39 is 6.04 Å². The van der Waals surface area contributed by atoms with Gasteiger partial charge >= 0.3 is 0 Å². The maximum Gasteiger partial charge on any atom is 0.238 e. The second-order valence-electron chi connectivity index (χ2n) is 5.88. The average molecular weight is 275 g/mol. The number of likely N-dealkylation sites (N-methyl/N-ethyl adjacent to an activating group) is 1. The Morgan fingerprint density at radius 2 is 2.15 bits per heavy atom. The summed E-state index contributed by atoms with van der Waals surface area (Å²) >= 11 is 0. The molecule has 0 radical (unpaired) electrons. The summed E-state index contributed by atoms with van der Waals surface area (Å²) < 4.78 is 0. The van der Waals surface area contributed by atoms with E-state index in [1.807, 2.05) is 13.1 Å². The molecule has 0 aliphatic carbocycles. The third-order valence-corrected chi connectivity index (χ3v) is 3.92. The van der Waals surface area contributed by atoms with Crippen LogP contribution in [-0.2, 0) is 11.3 Å². The van der Waals surface area contributed by atoms with Crippen LogP contribution in [0.1, 0.15) is 18.9 Å². The Balaban J connectivity index is 1.79. The third kappa shape index (κ3) is 4.05. The standard InChI is InChI=1S/C16H25N3O/c1-13(17)16(20)18(2)10-15-8-9-19(12-15)11-14-6-4-3-5-7-14/h3-7,13,15H,8-12,17H2,1-2H3/t13-,15-/m0/s1. The molecule has 0 spiro atoms. The number of rotatable bonds is 5. The minimum Gasteiger partial charge on any atom is -0.344 e. The van der Waals surface area contributed by atoms with E-state index in [2.05, 4.69) is 29.2 Å². The molecule has 1 aromatic carbocycles. The zero-order valence-electron chi connectivity index (χ0n) is 12.5. The molecular formula is C16H25N3O. The normalized spacial score (nSPS) is 20.9. The number of likely N-dealkylation sites (tertiary alicyclic amines) is 1. The first-order valence-electron chi connectivity index (χ1n) is 7.33. The summed E-state index contributed by atoms with van der Waals surface area (Å²) in [4.78, 5) is 16.0. The van der Waals surface area contributed by atoms with Crippen molar-refractivity contribution in [3.63, 3.8) is 0 Å². The van der Waals surface area contributed by atoms with E-state index >= 15 is 0 Å². The van der Waals surface area contributed by atoms with E-state index in [4.69, 9.17) is 5.73 Å². The highest BCUT2D eigenvalue weighted by molar-refractivity contribution is 5.80. The van der Waals surface area contributed by atoms with Crippen LogP contribution in [0.25, 0.3) is 0 Å². The highest BCUT2D eigenvalue weighted by Gasteiger charge is 2.25. The summed E-state index contributed by atoms with van der Waals surface area (Å²) in [5.41, 5.74) is 6.99. The van der Waals surface area contributed by atoms with Crippen molar-refractivity contribution < 1.29 is 4.79 Å². The van der Waals surface area contributed by atoms with Gasteiger partial charge < -0.3 is 10.6 Å². The van der Waals surface area contributed by atoms with E-state index in [0.717, 1.165) is 32.6 Å². The second-order valence-corrected chi connectivity index (χ2v) is 5.88. The van der Waals surface area contributed by atoms with Gasteiger partial charge in [-0.15, -0.1) is 0 Å². The van der Waals surface area contributed by atoms with Crippen molar-refractivity contribution in [2.75, 3.05) is 26.7 Å². The first kappa shape index (κ1) is 15.0. The highest BCUT2D eigenvalue weighted by Crippen LogP contribution is 2.19. The zero-order chi connectivity index (χ0) is 14.5. The molecule has 0 aromatic heterocycles. The highest BCUT2D eigenvalue weighted by atomic mass is 16.2. The van der Waals surface area contributed by atoms with Gasteiger partial charge in [-0.05, 0) is 31.4 Å². The fourth-order valence-corrected chi connectivity index (χ4v) is 2.87. The lowest BCUT2D eigenvalue weighted by atomic mass is 10.1. The summed E-state index contributed by atoms with van der Waals surface area (Å²) in [6.45, 7) is 5.73. The molecule has 1 heterocycles. The van der Waals surface area contributed by atoms with Gasteiger partial charge in [-0.2, -0.15) is 0 Å². The van der Waals surface area contributed by atoms with Crippen molar-refractivity contribution in [3.8, 4) is 0 Å². The van der Waals surface area contributed by atoms with Crippen molar-refractivity contribution in [1.82, 2.24) is 9.80 Å². The predicted octanol–water partition coefficient (Wildman–Crippen LogP) is 1.31. The van der Waals surface area contributed by atoms with Gasteiger partial charge in [-0.1, -0.05) is 30.3 Å². The van der Waals surface area contributed by atoms with Crippen molar-refractivity contribution >= 4 is 5.91 Å². The number of carbonyl (C=O) groups excluding carboxylic acids is 1. The van der Waals surface area contributed by atoms with Crippen molar-refractivity contribution in [2.24, 2.45) is 11.7 Å². The molecule has 4 nitrogen and oxygen atoms in total. The minimum absolute atomic E-state index is 0.0338. The predicted molar refractivity (Wildman–Crippen MR) is 81.1 cm³/mol. The molecule has 0 bridgehead atoms. The molecule has 1 saturated heterocycles. The van der Waals surface area contributed by atoms with Gasteiger partial charge in [-0.3, -0.25) is 9.69 Å². The molecule has 2 N–H and O–H groups in total. The van der Waals surface area contributed by atoms with Crippen LogP contribution in [0.3, 0.4) is 0 Å². The quantitative estimate of drug-likeness (QED) is 0.881. The number of hydrogen-bond acceptors (Lipinski definition) is 3. The van der Waals surface area contributed by atoms with Gasteiger partial charge in [0.15, 0.2) is 0 Å². The van der Waals surface area contributed by atoms with Gasteiger partial charge in [0, 0.05) is 26.7 Å². The van der Waals surface area contributed by atoms with Crippen LogP contribution in [0.15, 0.2) is 30.3 Å². The number of hydrogen-bond donors (Lipinski definition) is 1. The van der Waals surface area contributed by atoms with E-state index in [1.54, 1.807) is 11.8 Å². The maximum absolute atomic E-state index is 11.8. The summed E-state index contributed by atoms with van der Waals surface area (Å²) in [6, 6.07) is 10.1. The Hall–Kier alpha value is -1.39. The van der Waals surface area contributed by atoms with Gasteiger partial charge in [0.1, 0.15) is 0 Å². The average Bonchev–Trinajstić information content (AvgIpc) is 2.86. The Labute approximate surface area is 121 Å². The SMILES string of the molecule is C[C@H](N)C(=O)N(C)C[C@@H]1CCN(Cc2ccccc2)C1. The smallest absolute Gasteiger partial charge is 0.238 e. The van der Waals surface area contributed by atoms with Crippen LogP contribution in [-0.4, -0.2) is 48.4 Å². The first-order valence-corrected chi connectivity index (χ1v) is 7.33. The molecule has 1 aromatic rings. The summed E-state index contributed by atoms with van der Waals surface area (Å²) in [7, 11) is 1.85. The Morgan fingerprint density at radius 1 is 1.45 bits per heavy atom. The van der Waals surface area contributed by atoms with Crippen molar-refractivity contribution in [2.45, 2.75) is 25.9 Å². The maximum atomic E-state index is 11.8. The molecule has 20 heavy (non-hydrogen) atoms. The zero-order valence-corrected chi connectivity index (χ0v) is 12.5. The van der Waals surface area contributed by atoms with Crippen LogP contribution in [0.2, 0.25) is 0 Å². The monoisotopic (exact) mass is 275 g/mol. The number of nitrogens with two attached hydrogens (primary N) is 1. The molecule has 2 atom stereocenters. The molecular weight excluding hydrogens is 250 g/mol. The Bertz CT molecular complexity index is 433. The number of amides is 1. The lowest BCUT2D eigenvalue weighted by Gasteiger charge is -2.23. The molecule has 0 saturated carbocycles. The summed E-state index contributed by atoms with van der Waals surface area (Å²) in [5, 5.41) is 0. The molecule has 110 valence electrons. The molecule has 1 aliphatic rings. The number of nitrogens with zero attached hydrogens (tertiary/aromatic N) is 2. The van der Waals surface area contributed by atoms with Crippen LogP contribution in [0.4, 0.5) is 0 Å². The summed E-state index contributed by atoms with van der Waals surface area (Å²) in [6.07, 6.45) is 1.16. The number of benzene rings is 1. The van der Waals surface area contributed by atoms with E-state index in [-0.39, 0.29) is 5.91 Å². The molecule has 4 heteroatoms. The molecule has 0 unspecified atom stereocenters. The first-order chi connectivity index (χ1) is 9.56. The summed E-state index contributed by atoms with van der Waals surface area (Å²) in [5.74, 6) is 0.595. The van der Waals surface area contributed by atoms with Crippen LogP contribution < -0.4 is 5.73 Å². The van der Waals surface area contributed by atoms with Crippen LogP contribution >= 0.6 is 0 Å². The lowest BCUT2D eigenvalue weighted by Crippen LogP contribution is -2.42. The van der Waals surface area contributed by atoms with E-state index in [0.29, 0.717) is 5.92 Å². The van der Waals surface area contributed by atoms with Crippen LogP contribution in [0.5, 0.6) is 0 Å². The van der Waals surface area contributed by atoms with Gasteiger partial charge in [0.2, 0.25) is 5.91 Å². The molecule has 2 rings (SSSR count). The topological polar surface area (TPSA) is 49.6 Å². The Kier molecular flexibility index (Phi) is 5.15. The second kappa shape index (κ2) is 6.86. The van der Waals surface area contributed by atoms with Crippen molar-refractivity contribution in [3.05, 3.63) is 35.9 Å². The van der Waals surface area contributed by atoms with E-state index in [1.165, 1.54) is 5.56 Å². The third-order valence-electron chi connectivity index (χ3n) is 3.92. The minimum atomic E-state index is -0.401. The fourth-order valence-electron chi connectivity index (χ4n) is 2.87. The van der Waals surface area contributed by atoms with Gasteiger partial charge in [0.25, 0.3) is 0 Å². The van der Waals surface area contributed by atoms with Crippen molar-refractivity contribution in [1.29, 1.82) is 0 Å². The largest absolute Gasteiger partial charge is 0.344 e. The van der Waals surface area contributed by atoms with Crippen LogP contribution in [0, 0.1) is 5.92 Å². The van der Waals surface area contributed by atoms with E-state index in [9.17, 15) is 4.79 Å². The fraction of sp³-hybridized carbons (Fsp3) is 0.562. The Morgan fingerprint density at radius 3 is 2.80 bits per heavy atom.